The van der Waals surface area contributed by atoms with Gasteiger partial charge in [0.15, 0.2) is 0 Å². The maximum Gasteiger partial charge on any atom is 0.348 e. The lowest BCUT2D eigenvalue weighted by Crippen LogP contribution is -2.30. The summed E-state index contributed by atoms with van der Waals surface area (Å²) < 4.78 is 14.7. The van der Waals surface area contributed by atoms with Gasteiger partial charge in [-0.1, -0.05) is 0 Å². The van der Waals surface area contributed by atoms with Gasteiger partial charge in [-0.3, -0.25) is 10.1 Å². The Morgan fingerprint density at radius 1 is 1.23 bits per heavy atom. The molecule has 8 nitrogen and oxygen atoms in total. The lowest BCUT2D eigenvalue weighted by molar-refractivity contribution is -0.115. The van der Waals surface area contributed by atoms with Crippen molar-refractivity contribution in [2.45, 2.75) is 19.9 Å². The van der Waals surface area contributed by atoms with Gasteiger partial charge >= 0.3 is 11.9 Å². The predicted octanol–water partition coefficient (Wildman–Crippen LogP) is 2.51. The molecule has 0 aliphatic carbocycles. The molecule has 2 N–H and O–H groups in total. The van der Waals surface area contributed by atoms with Crippen LogP contribution >= 0.6 is 11.3 Å². The molecule has 0 fully saturated rings. The zero-order chi connectivity index (χ0) is 19.3. The number of nitrogens with one attached hydrogen (secondary N) is 2. The molecule has 0 saturated heterocycles. The van der Waals surface area contributed by atoms with Crippen molar-refractivity contribution in [2.75, 3.05) is 26.1 Å². The molecule has 0 aromatic carbocycles. The number of carbonyl (C=O) groups is 3. The predicted molar refractivity (Wildman–Crippen MR) is 95.5 cm³/mol. The summed E-state index contributed by atoms with van der Waals surface area (Å²) in [6.45, 7) is 3.45. The quantitative estimate of drug-likeness (QED) is 0.711. The number of furan rings is 1. The summed E-state index contributed by atoms with van der Waals surface area (Å²) in [5.41, 5.74) is 0.547. The van der Waals surface area contributed by atoms with Crippen molar-refractivity contribution >= 4 is 34.2 Å². The highest BCUT2D eigenvalue weighted by Crippen LogP contribution is 2.34. The fourth-order valence-electron chi connectivity index (χ4n) is 2.29. The van der Waals surface area contributed by atoms with E-state index in [1.165, 1.54) is 14.2 Å². The number of carbonyl (C=O) groups excluding carboxylic acids is 3. The second-order valence-electron chi connectivity index (χ2n) is 5.41. The topological polar surface area (TPSA) is 107 Å². The molecule has 2 aromatic heterocycles. The number of hydrogen-bond acceptors (Lipinski definition) is 8. The Balaban J connectivity index is 2.13. The first kappa shape index (κ1) is 19.7. The summed E-state index contributed by atoms with van der Waals surface area (Å²) in [5.74, 6) is -0.886. The smallest absolute Gasteiger partial charge is 0.348 e. The van der Waals surface area contributed by atoms with Crippen LogP contribution in [0.3, 0.4) is 0 Å². The second-order valence-corrected chi connectivity index (χ2v) is 6.43. The number of ether oxygens (including phenoxy) is 2. The van der Waals surface area contributed by atoms with E-state index in [9.17, 15) is 14.4 Å². The average molecular weight is 380 g/mol. The molecule has 26 heavy (non-hydrogen) atoms. The van der Waals surface area contributed by atoms with Gasteiger partial charge in [-0.15, -0.1) is 11.3 Å². The SMILES string of the molecule is COC(=O)c1sc(NC(=O)CN[C@H](C)c2ccco2)c(C(=O)OC)c1C. The Morgan fingerprint density at radius 3 is 2.50 bits per heavy atom. The maximum atomic E-state index is 12.2. The molecule has 9 heteroatoms. The summed E-state index contributed by atoms with van der Waals surface area (Å²) in [4.78, 5) is 36.4. The minimum Gasteiger partial charge on any atom is -0.468 e. The van der Waals surface area contributed by atoms with Gasteiger partial charge in [0.2, 0.25) is 5.91 Å². The number of anilines is 1. The highest BCUT2D eigenvalue weighted by atomic mass is 32.1. The van der Waals surface area contributed by atoms with Crippen LogP contribution in [0.25, 0.3) is 0 Å². The Labute approximate surface area is 154 Å². The van der Waals surface area contributed by atoms with E-state index in [2.05, 4.69) is 10.6 Å². The molecule has 0 radical (unpaired) electrons. The van der Waals surface area contributed by atoms with Crippen LogP contribution in [0.4, 0.5) is 5.00 Å². The molecule has 0 bridgehead atoms. The van der Waals surface area contributed by atoms with E-state index >= 15 is 0 Å². The number of rotatable bonds is 7. The summed E-state index contributed by atoms with van der Waals surface area (Å²) in [6, 6.07) is 3.40. The summed E-state index contributed by atoms with van der Waals surface area (Å²) in [5, 5.41) is 5.90. The van der Waals surface area contributed by atoms with E-state index in [1.807, 2.05) is 6.92 Å². The van der Waals surface area contributed by atoms with Gasteiger partial charge in [0.1, 0.15) is 15.6 Å². The van der Waals surface area contributed by atoms with Crippen LogP contribution in [0.15, 0.2) is 22.8 Å². The molecule has 0 spiro atoms. The number of amides is 1. The van der Waals surface area contributed by atoms with Gasteiger partial charge in [-0.25, -0.2) is 9.59 Å². The second kappa shape index (κ2) is 8.63. The Hall–Kier alpha value is -2.65. The summed E-state index contributed by atoms with van der Waals surface area (Å²) >= 11 is 0.969. The lowest BCUT2D eigenvalue weighted by atomic mass is 10.1. The van der Waals surface area contributed by atoms with Crippen LogP contribution in [0.2, 0.25) is 0 Å². The van der Waals surface area contributed by atoms with Crippen molar-refractivity contribution in [1.29, 1.82) is 0 Å². The standard InChI is InChI=1S/C17H20N2O6S/c1-9-13(16(21)23-3)15(26-14(9)17(22)24-4)19-12(20)8-18-10(2)11-6-5-7-25-11/h5-7,10,18H,8H2,1-4H3,(H,19,20)/t10-/m1/s1. The first-order chi connectivity index (χ1) is 12.4. The number of thiophene rings is 1. The molecule has 1 amide bonds. The number of esters is 2. The van der Waals surface area contributed by atoms with E-state index in [0.717, 1.165) is 11.3 Å². The van der Waals surface area contributed by atoms with E-state index in [4.69, 9.17) is 13.9 Å². The van der Waals surface area contributed by atoms with Crippen molar-refractivity contribution in [3.8, 4) is 0 Å². The minimum atomic E-state index is -0.638. The van der Waals surface area contributed by atoms with Crippen LogP contribution in [0.5, 0.6) is 0 Å². The molecule has 1 atom stereocenters. The summed E-state index contributed by atoms with van der Waals surface area (Å²) in [7, 11) is 2.48. The molecule has 0 unspecified atom stereocenters. The normalized spacial score (nSPS) is 11.7. The van der Waals surface area contributed by atoms with E-state index in [0.29, 0.717) is 11.3 Å². The molecule has 140 valence electrons. The Kier molecular flexibility index (Phi) is 6.53. The zero-order valence-electron chi connectivity index (χ0n) is 14.9. The monoisotopic (exact) mass is 380 g/mol. The molecular formula is C17H20N2O6S. The zero-order valence-corrected chi connectivity index (χ0v) is 15.7. The summed E-state index contributed by atoms with van der Waals surface area (Å²) in [6.07, 6.45) is 1.55. The highest BCUT2D eigenvalue weighted by molar-refractivity contribution is 7.18. The van der Waals surface area contributed by atoms with Gasteiger partial charge in [-0.05, 0) is 31.5 Å². The first-order valence-corrected chi connectivity index (χ1v) is 8.57. The van der Waals surface area contributed by atoms with Crippen LogP contribution in [0, 0.1) is 6.92 Å². The van der Waals surface area contributed by atoms with Crippen molar-refractivity contribution in [3.63, 3.8) is 0 Å². The first-order valence-electron chi connectivity index (χ1n) is 7.75. The third-order valence-electron chi connectivity index (χ3n) is 3.70. The average Bonchev–Trinajstić information content (AvgIpc) is 3.27. The molecule has 2 aromatic rings. The van der Waals surface area contributed by atoms with Gasteiger partial charge in [0, 0.05) is 0 Å². The van der Waals surface area contributed by atoms with Gasteiger partial charge < -0.3 is 19.2 Å². The molecule has 0 aliphatic heterocycles. The van der Waals surface area contributed by atoms with Gasteiger partial charge in [0.25, 0.3) is 0 Å². The van der Waals surface area contributed by atoms with Crippen molar-refractivity contribution < 1.29 is 28.3 Å². The van der Waals surface area contributed by atoms with Crippen LogP contribution < -0.4 is 10.6 Å². The highest BCUT2D eigenvalue weighted by Gasteiger charge is 2.26. The largest absolute Gasteiger partial charge is 0.468 e. The molecule has 2 heterocycles. The minimum absolute atomic E-state index is 0.00696. The number of hydrogen-bond donors (Lipinski definition) is 2. The fourth-order valence-corrected chi connectivity index (χ4v) is 3.42. The van der Waals surface area contributed by atoms with Gasteiger partial charge in [0.05, 0.1) is 38.6 Å². The maximum absolute atomic E-state index is 12.2. The van der Waals surface area contributed by atoms with Gasteiger partial charge in [-0.2, -0.15) is 0 Å². The third kappa shape index (κ3) is 4.30. The van der Waals surface area contributed by atoms with Crippen molar-refractivity contribution in [2.24, 2.45) is 0 Å². The Morgan fingerprint density at radius 2 is 1.92 bits per heavy atom. The molecule has 0 aliphatic rings. The number of methoxy groups -OCH3 is 2. The van der Waals surface area contributed by atoms with E-state index in [-0.39, 0.29) is 33.9 Å². The lowest BCUT2D eigenvalue weighted by Gasteiger charge is -2.11. The third-order valence-corrected chi connectivity index (χ3v) is 4.89. The molecule has 0 saturated carbocycles. The van der Waals surface area contributed by atoms with Crippen LogP contribution in [-0.4, -0.2) is 38.6 Å². The fraction of sp³-hybridized carbons (Fsp3) is 0.353. The van der Waals surface area contributed by atoms with E-state index in [1.54, 1.807) is 25.3 Å². The van der Waals surface area contributed by atoms with Crippen molar-refractivity contribution in [1.82, 2.24) is 5.32 Å². The Bertz CT molecular complexity index is 797. The van der Waals surface area contributed by atoms with Crippen LogP contribution in [0.1, 0.15) is 44.3 Å². The van der Waals surface area contributed by atoms with Crippen LogP contribution in [-0.2, 0) is 14.3 Å². The van der Waals surface area contributed by atoms with Crippen molar-refractivity contribution in [3.05, 3.63) is 40.2 Å². The molecular weight excluding hydrogens is 360 g/mol. The van der Waals surface area contributed by atoms with E-state index < -0.39 is 11.9 Å². The molecule has 2 rings (SSSR count).